The molecule has 3 N–H and O–H groups in total. The molecule has 0 saturated carbocycles. The molecule has 0 aliphatic rings. The van der Waals surface area contributed by atoms with Crippen LogP contribution in [0, 0.1) is 11.3 Å². The Kier molecular flexibility index (Phi) is 4.71. The number of benzene rings is 1. The van der Waals surface area contributed by atoms with Crippen LogP contribution in [-0.2, 0) is 17.4 Å². The number of rotatable bonds is 4. The van der Waals surface area contributed by atoms with Crippen molar-refractivity contribution in [1.29, 1.82) is 5.26 Å². The minimum Gasteiger partial charge on any atom is -0.481 e. The number of nitriles is 1. The second-order valence-electron chi connectivity index (χ2n) is 4.79. The molecule has 0 amide bonds. The summed E-state index contributed by atoms with van der Waals surface area (Å²) in [7, 11) is 0. The first-order chi connectivity index (χ1) is 11.1. The Labute approximate surface area is 138 Å². The highest BCUT2D eigenvalue weighted by Gasteiger charge is 2.31. The monoisotopic (exact) mass is 358 g/mol. The molecule has 0 unspecified atom stereocenters. The number of alkyl halides is 3. The highest BCUT2D eigenvalue weighted by molar-refractivity contribution is 6.32. The number of aromatic nitrogens is 2. The fourth-order valence-electron chi connectivity index (χ4n) is 2.10. The predicted octanol–water partition coefficient (Wildman–Crippen LogP) is 3.02. The average Bonchev–Trinajstić information content (AvgIpc) is 2.79. The molecule has 1 heterocycles. The SMILES string of the molecule is N#Cc1c(N)nn(-c2ccc(C(F)(F)F)cc2Cl)c1CCC(=O)O. The molecule has 0 atom stereocenters. The van der Waals surface area contributed by atoms with Gasteiger partial charge in [-0.15, -0.1) is 5.10 Å². The topological polar surface area (TPSA) is 105 Å². The van der Waals surface area contributed by atoms with E-state index in [1.807, 2.05) is 6.07 Å². The van der Waals surface area contributed by atoms with Gasteiger partial charge in [-0.2, -0.15) is 18.4 Å². The Morgan fingerprint density at radius 1 is 1.46 bits per heavy atom. The van der Waals surface area contributed by atoms with Gasteiger partial charge < -0.3 is 10.8 Å². The zero-order chi connectivity index (χ0) is 18.1. The molecule has 2 aromatic rings. The number of hydrogen-bond donors (Lipinski definition) is 2. The van der Waals surface area contributed by atoms with Crippen LogP contribution in [0.25, 0.3) is 5.69 Å². The average molecular weight is 359 g/mol. The molecule has 0 saturated heterocycles. The number of nitrogens with zero attached hydrogens (tertiary/aromatic N) is 3. The van der Waals surface area contributed by atoms with Crippen LogP contribution in [0.4, 0.5) is 19.0 Å². The Balaban J connectivity index is 2.56. The smallest absolute Gasteiger partial charge is 0.416 e. The van der Waals surface area contributed by atoms with Crippen LogP contribution in [0.1, 0.15) is 23.2 Å². The van der Waals surface area contributed by atoms with Gasteiger partial charge in [0.15, 0.2) is 5.82 Å². The lowest BCUT2D eigenvalue weighted by atomic mass is 10.1. The van der Waals surface area contributed by atoms with Gasteiger partial charge in [-0.3, -0.25) is 4.79 Å². The van der Waals surface area contributed by atoms with E-state index in [-0.39, 0.29) is 40.6 Å². The number of halogens is 4. The highest BCUT2D eigenvalue weighted by Crippen LogP contribution is 2.34. The second-order valence-corrected chi connectivity index (χ2v) is 5.20. The van der Waals surface area contributed by atoms with E-state index in [4.69, 9.17) is 27.7 Å². The third-order valence-electron chi connectivity index (χ3n) is 3.20. The zero-order valence-corrected chi connectivity index (χ0v) is 12.7. The number of carboxylic acid groups (broad SMARTS) is 1. The number of carboxylic acids is 1. The van der Waals surface area contributed by atoms with Crippen molar-refractivity contribution in [2.75, 3.05) is 5.73 Å². The third-order valence-corrected chi connectivity index (χ3v) is 3.50. The molecule has 0 radical (unpaired) electrons. The van der Waals surface area contributed by atoms with Crippen LogP contribution in [0.15, 0.2) is 18.2 Å². The molecule has 0 fully saturated rings. The molecule has 24 heavy (non-hydrogen) atoms. The highest BCUT2D eigenvalue weighted by atomic mass is 35.5. The third kappa shape index (κ3) is 3.44. The lowest BCUT2D eigenvalue weighted by Gasteiger charge is -2.12. The Hall–Kier alpha value is -2.73. The zero-order valence-electron chi connectivity index (χ0n) is 11.9. The van der Waals surface area contributed by atoms with Gasteiger partial charge in [-0.05, 0) is 18.2 Å². The van der Waals surface area contributed by atoms with Crippen LogP contribution < -0.4 is 5.73 Å². The maximum atomic E-state index is 12.7. The first-order valence-electron chi connectivity index (χ1n) is 6.51. The summed E-state index contributed by atoms with van der Waals surface area (Å²) < 4.78 is 39.2. The molecule has 2 rings (SSSR count). The molecule has 6 nitrogen and oxygen atoms in total. The maximum absolute atomic E-state index is 12.7. The summed E-state index contributed by atoms with van der Waals surface area (Å²) in [5.41, 5.74) is 4.88. The summed E-state index contributed by atoms with van der Waals surface area (Å²) >= 11 is 5.91. The Morgan fingerprint density at radius 2 is 2.12 bits per heavy atom. The van der Waals surface area contributed by atoms with Gasteiger partial charge in [-0.1, -0.05) is 11.6 Å². The predicted molar refractivity (Wildman–Crippen MR) is 78.7 cm³/mol. The van der Waals surface area contributed by atoms with Crippen molar-refractivity contribution in [3.8, 4) is 11.8 Å². The molecule has 1 aromatic heterocycles. The van der Waals surface area contributed by atoms with Crippen LogP contribution >= 0.6 is 11.6 Å². The van der Waals surface area contributed by atoms with Crippen molar-refractivity contribution in [2.24, 2.45) is 0 Å². The summed E-state index contributed by atoms with van der Waals surface area (Å²) in [6.07, 6.45) is -4.95. The van der Waals surface area contributed by atoms with E-state index in [1.54, 1.807) is 0 Å². The summed E-state index contributed by atoms with van der Waals surface area (Å²) in [6, 6.07) is 4.43. The largest absolute Gasteiger partial charge is 0.481 e. The van der Waals surface area contributed by atoms with Crippen molar-refractivity contribution < 1.29 is 23.1 Å². The number of anilines is 1. The van der Waals surface area contributed by atoms with E-state index >= 15 is 0 Å². The van der Waals surface area contributed by atoms with Gasteiger partial charge in [0.2, 0.25) is 0 Å². The fourth-order valence-corrected chi connectivity index (χ4v) is 2.36. The van der Waals surface area contributed by atoms with Gasteiger partial charge in [0.05, 0.1) is 28.4 Å². The van der Waals surface area contributed by atoms with Gasteiger partial charge in [0.1, 0.15) is 11.6 Å². The van der Waals surface area contributed by atoms with Gasteiger partial charge in [0.25, 0.3) is 0 Å². The summed E-state index contributed by atoms with van der Waals surface area (Å²) in [6.45, 7) is 0. The standard InChI is InChI=1S/C14H10ClF3N4O2/c15-9-5-7(14(16,17)18)1-2-11(9)22-10(3-4-12(23)24)8(6-19)13(20)21-22/h1-2,5H,3-4H2,(H2,20,21)(H,23,24). The number of aliphatic carboxylic acids is 1. The van der Waals surface area contributed by atoms with Gasteiger partial charge >= 0.3 is 12.1 Å². The summed E-state index contributed by atoms with van der Waals surface area (Å²) in [5.74, 6) is -1.27. The van der Waals surface area contributed by atoms with E-state index in [2.05, 4.69) is 5.10 Å². The summed E-state index contributed by atoms with van der Waals surface area (Å²) in [4.78, 5) is 10.8. The van der Waals surface area contributed by atoms with Gasteiger partial charge in [-0.25, -0.2) is 4.68 Å². The van der Waals surface area contributed by atoms with Crippen molar-refractivity contribution >= 4 is 23.4 Å². The molecule has 1 aromatic carbocycles. The van der Waals surface area contributed by atoms with E-state index in [0.29, 0.717) is 0 Å². The first kappa shape index (κ1) is 17.6. The first-order valence-corrected chi connectivity index (χ1v) is 6.89. The quantitative estimate of drug-likeness (QED) is 0.874. The number of nitrogen functional groups attached to an aromatic ring is 1. The minimum atomic E-state index is -4.56. The van der Waals surface area contributed by atoms with E-state index in [0.717, 1.165) is 22.9 Å². The number of carbonyl (C=O) groups is 1. The summed E-state index contributed by atoms with van der Waals surface area (Å²) in [5, 5.41) is 21.6. The molecule has 0 spiro atoms. The number of nitrogens with two attached hydrogens (primary N) is 1. The van der Waals surface area contributed by atoms with E-state index in [9.17, 15) is 18.0 Å². The molecule has 10 heteroatoms. The van der Waals surface area contributed by atoms with E-state index < -0.39 is 17.7 Å². The van der Waals surface area contributed by atoms with Crippen LogP contribution in [-0.4, -0.2) is 20.9 Å². The van der Waals surface area contributed by atoms with Gasteiger partial charge in [0, 0.05) is 6.42 Å². The second kappa shape index (κ2) is 6.41. The van der Waals surface area contributed by atoms with Crippen LogP contribution in [0.3, 0.4) is 0 Å². The Morgan fingerprint density at radius 3 is 2.62 bits per heavy atom. The molecule has 0 aliphatic carbocycles. The molecule has 126 valence electrons. The van der Waals surface area contributed by atoms with Crippen molar-refractivity contribution in [2.45, 2.75) is 19.0 Å². The normalized spacial score (nSPS) is 11.3. The maximum Gasteiger partial charge on any atom is 0.416 e. The lowest BCUT2D eigenvalue weighted by Crippen LogP contribution is -2.09. The van der Waals surface area contributed by atoms with Crippen molar-refractivity contribution in [3.05, 3.63) is 40.0 Å². The molecular formula is C14H10ClF3N4O2. The van der Waals surface area contributed by atoms with Crippen LogP contribution in [0.5, 0.6) is 0 Å². The molecule has 0 aliphatic heterocycles. The number of hydrogen-bond acceptors (Lipinski definition) is 4. The molecular weight excluding hydrogens is 349 g/mol. The van der Waals surface area contributed by atoms with Crippen molar-refractivity contribution in [1.82, 2.24) is 9.78 Å². The van der Waals surface area contributed by atoms with E-state index in [1.165, 1.54) is 0 Å². The fraction of sp³-hybridized carbons (Fsp3) is 0.214. The lowest BCUT2D eigenvalue weighted by molar-refractivity contribution is -0.138. The Bertz CT molecular complexity index is 840. The minimum absolute atomic E-state index is 0.0350. The van der Waals surface area contributed by atoms with Crippen molar-refractivity contribution in [3.63, 3.8) is 0 Å². The van der Waals surface area contributed by atoms with Crippen LogP contribution in [0.2, 0.25) is 5.02 Å². The molecule has 0 bridgehead atoms.